The second-order valence-corrected chi connectivity index (χ2v) is 8.49. The molecular weight excluding hydrogens is 370 g/mol. The van der Waals surface area contributed by atoms with Gasteiger partial charge in [-0.3, -0.25) is 14.4 Å². The Morgan fingerprint density at radius 1 is 1.24 bits per heavy atom. The summed E-state index contributed by atoms with van der Waals surface area (Å²) < 4.78 is 0. The number of hydrogen-bond donors (Lipinski definition) is 4. The Labute approximate surface area is 171 Å². The summed E-state index contributed by atoms with van der Waals surface area (Å²) in [5.74, 6) is -0.782. The van der Waals surface area contributed by atoms with Crippen LogP contribution in [-0.4, -0.2) is 47.6 Å². The largest absolute Gasteiger partial charge is 0.383 e. The lowest BCUT2D eigenvalue weighted by atomic mass is 9.86. The molecule has 3 amide bonds. The number of amides is 3. The van der Waals surface area contributed by atoms with Crippen LogP contribution in [0.3, 0.4) is 0 Å². The lowest BCUT2D eigenvalue weighted by molar-refractivity contribution is -0.134. The average molecular weight is 402 g/mol. The van der Waals surface area contributed by atoms with E-state index in [0.717, 1.165) is 31.2 Å². The van der Waals surface area contributed by atoms with E-state index in [0.29, 0.717) is 19.5 Å². The highest BCUT2D eigenvalue weighted by Crippen LogP contribution is 2.30. The highest BCUT2D eigenvalue weighted by atomic mass is 16.3. The van der Waals surface area contributed by atoms with Gasteiger partial charge in [-0.05, 0) is 24.3 Å². The fourth-order valence-electron chi connectivity index (χ4n) is 4.34. The van der Waals surface area contributed by atoms with Crippen molar-refractivity contribution >= 4 is 17.7 Å². The van der Waals surface area contributed by atoms with Crippen LogP contribution in [0.2, 0.25) is 0 Å². The Hall–Kier alpha value is -2.41. The van der Waals surface area contributed by atoms with Gasteiger partial charge in [-0.15, -0.1) is 0 Å². The van der Waals surface area contributed by atoms with Crippen molar-refractivity contribution in [3.63, 3.8) is 0 Å². The first-order valence-corrected chi connectivity index (χ1v) is 10.5. The van der Waals surface area contributed by atoms with Gasteiger partial charge in [0.2, 0.25) is 17.7 Å². The van der Waals surface area contributed by atoms with Crippen molar-refractivity contribution in [2.75, 3.05) is 13.1 Å². The molecule has 0 spiro atoms. The second kappa shape index (κ2) is 9.39. The fraction of sp³-hybridized carbons (Fsp3) is 0.591. The molecule has 0 radical (unpaired) electrons. The first kappa shape index (κ1) is 21.3. The van der Waals surface area contributed by atoms with E-state index in [1.54, 1.807) is 0 Å². The summed E-state index contributed by atoms with van der Waals surface area (Å²) in [6, 6.07) is 9.41. The van der Waals surface area contributed by atoms with Crippen LogP contribution < -0.4 is 16.0 Å². The maximum absolute atomic E-state index is 12.7. The van der Waals surface area contributed by atoms with Crippen molar-refractivity contribution in [2.24, 2.45) is 11.8 Å². The molecule has 29 heavy (non-hydrogen) atoms. The maximum Gasteiger partial charge on any atom is 0.249 e. The second-order valence-electron chi connectivity index (χ2n) is 8.49. The van der Waals surface area contributed by atoms with Crippen molar-refractivity contribution in [1.29, 1.82) is 0 Å². The molecule has 3 unspecified atom stereocenters. The van der Waals surface area contributed by atoms with Crippen molar-refractivity contribution in [2.45, 2.75) is 57.1 Å². The van der Waals surface area contributed by atoms with Gasteiger partial charge in [-0.25, -0.2) is 0 Å². The predicted octanol–water partition coefficient (Wildman–Crippen LogP) is 0.907. The molecule has 1 aliphatic heterocycles. The number of carbonyl (C=O) groups is 3. The van der Waals surface area contributed by atoms with E-state index in [1.807, 2.05) is 37.3 Å². The minimum atomic E-state index is -1.13. The van der Waals surface area contributed by atoms with Crippen molar-refractivity contribution in [1.82, 2.24) is 16.0 Å². The van der Waals surface area contributed by atoms with E-state index in [1.165, 1.54) is 0 Å². The summed E-state index contributed by atoms with van der Waals surface area (Å²) in [6.45, 7) is 2.60. The van der Waals surface area contributed by atoms with E-state index in [-0.39, 0.29) is 30.1 Å². The normalized spacial score (nSPS) is 24.4. The van der Waals surface area contributed by atoms with Crippen LogP contribution in [0.15, 0.2) is 30.3 Å². The monoisotopic (exact) mass is 401 g/mol. The molecule has 7 heteroatoms. The molecule has 7 nitrogen and oxygen atoms in total. The van der Waals surface area contributed by atoms with Gasteiger partial charge in [-0.2, -0.15) is 0 Å². The topological polar surface area (TPSA) is 108 Å². The molecule has 1 aromatic carbocycles. The molecule has 4 N–H and O–H groups in total. The van der Waals surface area contributed by atoms with Crippen molar-refractivity contribution in [3.8, 4) is 0 Å². The number of carbonyl (C=O) groups excluding carboxylic acids is 3. The molecule has 1 aromatic rings. The molecule has 1 aliphatic carbocycles. The third kappa shape index (κ3) is 5.56. The van der Waals surface area contributed by atoms with Gasteiger partial charge in [0, 0.05) is 25.9 Å². The Morgan fingerprint density at radius 2 is 1.93 bits per heavy atom. The smallest absolute Gasteiger partial charge is 0.249 e. The molecule has 0 aromatic heterocycles. The van der Waals surface area contributed by atoms with Crippen molar-refractivity contribution in [3.05, 3.63) is 35.9 Å². The Balaban J connectivity index is 1.56. The SMILES string of the molecule is CC1CC(=O)NCC1C(=O)NCC1(NC(=O)C(O)Cc2ccccc2)CCCC1. The molecule has 0 bridgehead atoms. The van der Waals surface area contributed by atoms with Gasteiger partial charge >= 0.3 is 0 Å². The third-order valence-electron chi connectivity index (χ3n) is 6.17. The molecule has 3 rings (SSSR count). The summed E-state index contributed by atoms with van der Waals surface area (Å²) in [5.41, 5.74) is 0.378. The summed E-state index contributed by atoms with van der Waals surface area (Å²) >= 11 is 0. The zero-order valence-corrected chi connectivity index (χ0v) is 16.9. The zero-order valence-electron chi connectivity index (χ0n) is 16.9. The number of aliphatic hydroxyl groups excluding tert-OH is 1. The fourth-order valence-corrected chi connectivity index (χ4v) is 4.34. The van der Waals surface area contributed by atoms with E-state index < -0.39 is 17.6 Å². The molecule has 1 saturated heterocycles. The first-order chi connectivity index (χ1) is 13.9. The molecule has 3 atom stereocenters. The Bertz CT molecular complexity index is 731. The van der Waals surface area contributed by atoms with Crippen LogP contribution in [0.4, 0.5) is 0 Å². The molecule has 1 heterocycles. The molecule has 2 aliphatic rings. The van der Waals surface area contributed by atoms with Gasteiger partial charge in [0.25, 0.3) is 0 Å². The molecule has 1 saturated carbocycles. The maximum atomic E-state index is 12.7. The zero-order chi connectivity index (χ0) is 20.9. The predicted molar refractivity (Wildman–Crippen MR) is 109 cm³/mol. The summed E-state index contributed by atoms with van der Waals surface area (Å²) in [6.07, 6.45) is 2.98. The lowest BCUT2D eigenvalue weighted by Crippen LogP contribution is -2.57. The van der Waals surface area contributed by atoms with Gasteiger partial charge in [0.1, 0.15) is 6.10 Å². The van der Waals surface area contributed by atoms with Crippen LogP contribution >= 0.6 is 0 Å². The van der Waals surface area contributed by atoms with E-state index in [4.69, 9.17) is 0 Å². The number of piperidine rings is 1. The molecule has 2 fully saturated rings. The minimum absolute atomic E-state index is 0.00874. The van der Waals surface area contributed by atoms with Gasteiger partial charge < -0.3 is 21.1 Å². The van der Waals surface area contributed by atoms with Crippen LogP contribution in [0, 0.1) is 11.8 Å². The number of rotatable bonds is 7. The van der Waals surface area contributed by atoms with Crippen molar-refractivity contribution < 1.29 is 19.5 Å². The average Bonchev–Trinajstić information content (AvgIpc) is 3.15. The van der Waals surface area contributed by atoms with E-state index in [2.05, 4.69) is 16.0 Å². The number of aliphatic hydroxyl groups is 1. The van der Waals surface area contributed by atoms with E-state index in [9.17, 15) is 19.5 Å². The lowest BCUT2D eigenvalue weighted by Gasteiger charge is -2.33. The first-order valence-electron chi connectivity index (χ1n) is 10.5. The van der Waals surface area contributed by atoms with Crippen LogP contribution in [-0.2, 0) is 20.8 Å². The minimum Gasteiger partial charge on any atom is -0.383 e. The molecular formula is C22H31N3O4. The standard InChI is InChI=1S/C22H31N3O4/c1-15-11-19(27)23-13-17(15)20(28)24-14-22(9-5-6-10-22)25-21(29)18(26)12-16-7-3-2-4-8-16/h2-4,7-8,15,17-18,26H,5-6,9-14H2,1H3,(H,23,27)(H,24,28)(H,25,29). The highest BCUT2D eigenvalue weighted by molar-refractivity contribution is 5.84. The van der Waals surface area contributed by atoms with Gasteiger partial charge in [-0.1, -0.05) is 50.1 Å². The number of nitrogens with one attached hydrogen (secondary N) is 3. The summed E-state index contributed by atoms with van der Waals surface area (Å²) in [4.78, 5) is 36.7. The van der Waals surface area contributed by atoms with Gasteiger partial charge in [0.05, 0.1) is 11.5 Å². The Kier molecular flexibility index (Phi) is 6.90. The van der Waals surface area contributed by atoms with Crippen LogP contribution in [0.1, 0.15) is 44.6 Å². The van der Waals surface area contributed by atoms with Gasteiger partial charge in [0.15, 0.2) is 0 Å². The molecule has 158 valence electrons. The summed E-state index contributed by atoms with van der Waals surface area (Å²) in [5, 5.41) is 19.1. The van der Waals surface area contributed by atoms with Crippen LogP contribution in [0.5, 0.6) is 0 Å². The Morgan fingerprint density at radius 3 is 2.59 bits per heavy atom. The quantitative estimate of drug-likeness (QED) is 0.545. The van der Waals surface area contributed by atoms with Crippen LogP contribution in [0.25, 0.3) is 0 Å². The van der Waals surface area contributed by atoms with E-state index >= 15 is 0 Å². The summed E-state index contributed by atoms with van der Waals surface area (Å²) in [7, 11) is 0. The number of hydrogen-bond acceptors (Lipinski definition) is 4. The third-order valence-corrected chi connectivity index (χ3v) is 6.17. The highest BCUT2D eigenvalue weighted by Gasteiger charge is 2.38. The number of benzene rings is 1.